The van der Waals surface area contributed by atoms with Crippen LogP contribution in [0.4, 0.5) is 5.13 Å². The van der Waals surface area contributed by atoms with E-state index in [4.69, 9.17) is 5.73 Å². The molecule has 2 N–H and O–H groups in total. The van der Waals surface area contributed by atoms with Gasteiger partial charge in [0.25, 0.3) is 0 Å². The molecule has 0 aliphatic carbocycles. The Labute approximate surface area is 95.7 Å². The molecule has 4 nitrogen and oxygen atoms in total. The van der Waals surface area contributed by atoms with Crippen LogP contribution in [0.25, 0.3) is 0 Å². The Hall–Kier alpha value is -0.680. The summed E-state index contributed by atoms with van der Waals surface area (Å²) in [7, 11) is 0. The third-order valence-corrected chi connectivity index (χ3v) is 3.04. The van der Waals surface area contributed by atoms with E-state index in [2.05, 4.69) is 28.1 Å². The first-order chi connectivity index (χ1) is 7.31. The van der Waals surface area contributed by atoms with Crippen molar-refractivity contribution < 1.29 is 0 Å². The molecule has 1 aromatic heterocycles. The molecule has 0 atom stereocenters. The highest BCUT2D eigenvalue weighted by molar-refractivity contribution is 7.09. The average Bonchev–Trinajstić information content (AvgIpc) is 2.72. The van der Waals surface area contributed by atoms with Gasteiger partial charge >= 0.3 is 0 Å². The molecule has 0 saturated carbocycles. The minimum absolute atomic E-state index is 0.671. The molecule has 0 amide bonds. The predicted octanol–water partition coefficient (Wildman–Crippen LogP) is 1.67. The summed E-state index contributed by atoms with van der Waals surface area (Å²) in [6.07, 6.45) is 3.28. The van der Waals surface area contributed by atoms with E-state index >= 15 is 0 Å². The van der Waals surface area contributed by atoms with E-state index < -0.39 is 0 Å². The molecular formula is C10H20N4S. The number of aromatic nitrogens is 2. The summed E-state index contributed by atoms with van der Waals surface area (Å²) in [5.41, 5.74) is 5.59. The number of aryl methyl sites for hydroxylation is 1. The number of hydrogen-bond acceptors (Lipinski definition) is 5. The van der Waals surface area contributed by atoms with Crippen LogP contribution in [0, 0.1) is 0 Å². The monoisotopic (exact) mass is 228 g/mol. The molecule has 0 saturated heterocycles. The minimum Gasteiger partial charge on any atom is -0.346 e. The van der Waals surface area contributed by atoms with Gasteiger partial charge in [-0.3, -0.25) is 0 Å². The standard InChI is InChI=1S/C10H20N4S/c1-3-5-7-14(8-6-11)10-12-9(4-2)13-15-10/h3-8,11H2,1-2H3. The van der Waals surface area contributed by atoms with Gasteiger partial charge in [0.1, 0.15) is 5.82 Å². The van der Waals surface area contributed by atoms with Gasteiger partial charge in [-0.25, -0.2) is 4.98 Å². The summed E-state index contributed by atoms with van der Waals surface area (Å²) in [5.74, 6) is 0.938. The van der Waals surface area contributed by atoms with E-state index in [0.717, 1.165) is 30.5 Å². The normalized spacial score (nSPS) is 10.6. The second-order valence-corrected chi connectivity index (χ2v) is 4.21. The highest BCUT2D eigenvalue weighted by Crippen LogP contribution is 2.17. The molecule has 0 radical (unpaired) electrons. The lowest BCUT2D eigenvalue weighted by molar-refractivity contribution is 0.712. The van der Waals surface area contributed by atoms with Gasteiger partial charge in [0.05, 0.1) is 0 Å². The lowest BCUT2D eigenvalue weighted by atomic mass is 10.3. The maximum Gasteiger partial charge on any atom is 0.205 e. The smallest absolute Gasteiger partial charge is 0.205 e. The van der Waals surface area contributed by atoms with Gasteiger partial charge in [0, 0.05) is 37.6 Å². The SMILES string of the molecule is CCCCN(CCN)c1nc(CC)ns1. The molecule has 1 aromatic rings. The molecule has 1 rings (SSSR count). The first kappa shape index (κ1) is 12.4. The Morgan fingerprint density at radius 3 is 2.67 bits per heavy atom. The molecule has 0 aliphatic rings. The predicted molar refractivity (Wildman–Crippen MR) is 65.5 cm³/mol. The zero-order chi connectivity index (χ0) is 11.1. The molecule has 0 unspecified atom stereocenters. The Kier molecular flexibility index (Phi) is 5.57. The fraction of sp³-hybridized carbons (Fsp3) is 0.800. The summed E-state index contributed by atoms with van der Waals surface area (Å²) >= 11 is 1.48. The molecule has 86 valence electrons. The van der Waals surface area contributed by atoms with Crippen molar-refractivity contribution in [2.24, 2.45) is 5.73 Å². The molecule has 0 aliphatic heterocycles. The van der Waals surface area contributed by atoms with Crippen molar-refractivity contribution >= 4 is 16.7 Å². The van der Waals surface area contributed by atoms with E-state index in [1.54, 1.807) is 0 Å². The first-order valence-corrected chi connectivity index (χ1v) is 6.36. The number of hydrogen-bond donors (Lipinski definition) is 1. The molecule has 0 fully saturated rings. The summed E-state index contributed by atoms with van der Waals surface area (Å²) in [5, 5.41) is 1.02. The quantitative estimate of drug-likeness (QED) is 0.771. The molecule has 15 heavy (non-hydrogen) atoms. The molecule has 0 bridgehead atoms. The zero-order valence-electron chi connectivity index (χ0n) is 9.57. The second kappa shape index (κ2) is 6.74. The number of anilines is 1. The Morgan fingerprint density at radius 1 is 1.33 bits per heavy atom. The maximum absolute atomic E-state index is 5.59. The summed E-state index contributed by atoms with van der Waals surface area (Å²) in [6, 6.07) is 0. The highest BCUT2D eigenvalue weighted by atomic mass is 32.1. The topological polar surface area (TPSA) is 55.0 Å². The van der Waals surface area contributed by atoms with Crippen LogP contribution in [0.1, 0.15) is 32.5 Å². The van der Waals surface area contributed by atoms with Crippen LogP contribution in [-0.2, 0) is 6.42 Å². The van der Waals surface area contributed by atoms with E-state index in [0.29, 0.717) is 6.54 Å². The molecule has 0 spiro atoms. The molecule has 0 aromatic carbocycles. The Morgan fingerprint density at radius 2 is 2.13 bits per heavy atom. The van der Waals surface area contributed by atoms with Gasteiger partial charge in [0.15, 0.2) is 0 Å². The van der Waals surface area contributed by atoms with Crippen LogP contribution < -0.4 is 10.6 Å². The van der Waals surface area contributed by atoms with Gasteiger partial charge in [-0.15, -0.1) is 0 Å². The molecule has 1 heterocycles. The summed E-state index contributed by atoms with van der Waals surface area (Å²) < 4.78 is 4.29. The van der Waals surface area contributed by atoms with E-state index in [1.807, 2.05) is 0 Å². The highest BCUT2D eigenvalue weighted by Gasteiger charge is 2.10. The van der Waals surface area contributed by atoms with Crippen LogP contribution >= 0.6 is 11.5 Å². The van der Waals surface area contributed by atoms with Crippen LogP contribution in [0.2, 0.25) is 0 Å². The number of rotatable bonds is 7. The Bertz CT molecular complexity index is 274. The fourth-order valence-corrected chi connectivity index (χ4v) is 2.13. The maximum atomic E-state index is 5.59. The van der Waals surface area contributed by atoms with Crippen molar-refractivity contribution in [2.75, 3.05) is 24.5 Å². The van der Waals surface area contributed by atoms with Crippen molar-refractivity contribution in [1.82, 2.24) is 9.36 Å². The fourth-order valence-electron chi connectivity index (χ4n) is 1.32. The third kappa shape index (κ3) is 3.76. The van der Waals surface area contributed by atoms with Gasteiger partial charge in [-0.1, -0.05) is 20.3 Å². The van der Waals surface area contributed by atoms with Crippen LogP contribution in [0.15, 0.2) is 0 Å². The molecular weight excluding hydrogens is 208 g/mol. The van der Waals surface area contributed by atoms with Crippen molar-refractivity contribution in [3.63, 3.8) is 0 Å². The van der Waals surface area contributed by atoms with Crippen LogP contribution in [0.5, 0.6) is 0 Å². The largest absolute Gasteiger partial charge is 0.346 e. The third-order valence-electron chi connectivity index (χ3n) is 2.22. The van der Waals surface area contributed by atoms with Gasteiger partial charge in [0.2, 0.25) is 5.13 Å². The lowest BCUT2D eigenvalue weighted by Crippen LogP contribution is -2.30. The van der Waals surface area contributed by atoms with Crippen molar-refractivity contribution in [3.05, 3.63) is 5.82 Å². The minimum atomic E-state index is 0.671. The van der Waals surface area contributed by atoms with Crippen molar-refractivity contribution in [1.29, 1.82) is 0 Å². The first-order valence-electron chi connectivity index (χ1n) is 5.59. The van der Waals surface area contributed by atoms with Gasteiger partial charge in [-0.2, -0.15) is 4.37 Å². The number of nitrogens with two attached hydrogens (primary N) is 1. The van der Waals surface area contributed by atoms with Crippen LogP contribution in [-0.4, -0.2) is 29.0 Å². The van der Waals surface area contributed by atoms with Gasteiger partial charge in [-0.05, 0) is 6.42 Å². The zero-order valence-corrected chi connectivity index (χ0v) is 10.4. The summed E-state index contributed by atoms with van der Waals surface area (Å²) in [4.78, 5) is 6.71. The van der Waals surface area contributed by atoms with E-state index in [-0.39, 0.29) is 0 Å². The number of nitrogens with zero attached hydrogens (tertiary/aromatic N) is 3. The van der Waals surface area contributed by atoms with Crippen molar-refractivity contribution in [3.8, 4) is 0 Å². The van der Waals surface area contributed by atoms with Crippen LogP contribution in [0.3, 0.4) is 0 Å². The number of unbranched alkanes of at least 4 members (excludes halogenated alkanes) is 1. The van der Waals surface area contributed by atoms with E-state index in [1.165, 1.54) is 24.4 Å². The van der Waals surface area contributed by atoms with Gasteiger partial charge < -0.3 is 10.6 Å². The average molecular weight is 228 g/mol. The lowest BCUT2D eigenvalue weighted by Gasteiger charge is -2.19. The van der Waals surface area contributed by atoms with Crippen molar-refractivity contribution in [2.45, 2.75) is 33.1 Å². The second-order valence-electron chi connectivity index (χ2n) is 3.48. The van der Waals surface area contributed by atoms with E-state index in [9.17, 15) is 0 Å². The molecule has 5 heteroatoms. The Balaban J connectivity index is 2.60. The summed E-state index contributed by atoms with van der Waals surface area (Å²) in [6.45, 7) is 6.85.